The molecule has 0 saturated carbocycles. The number of carbonyl (C=O) groups is 2. The normalized spacial score (nSPS) is 15.5. The molecular weight excluding hydrogens is 344 g/mol. The van der Waals surface area contributed by atoms with Gasteiger partial charge in [0.05, 0.1) is 4.92 Å². The maximum Gasteiger partial charge on any atom is 0.270 e. The fraction of sp³-hybridized carbons (Fsp3) is 0.500. The van der Waals surface area contributed by atoms with Crippen molar-refractivity contribution in [2.24, 2.45) is 0 Å². The molecule has 0 spiro atoms. The minimum atomic E-state index is -0.627. The number of piperazine rings is 1. The van der Waals surface area contributed by atoms with Crippen LogP contribution in [0.15, 0.2) is 24.3 Å². The summed E-state index contributed by atoms with van der Waals surface area (Å²) in [7, 11) is 0. The molecule has 1 aliphatic rings. The van der Waals surface area contributed by atoms with Crippen molar-refractivity contribution in [2.75, 3.05) is 38.2 Å². The summed E-state index contributed by atoms with van der Waals surface area (Å²) in [6.45, 7) is 2.70. The van der Waals surface area contributed by atoms with Gasteiger partial charge < -0.3 is 15.5 Å². The van der Waals surface area contributed by atoms with Crippen molar-refractivity contribution in [3.05, 3.63) is 39.9 Å². The number of benzene rings is 1. The molecule has 1 unspecified atom stereocenters. The van der Waals surface area contributed by atoms with Gasteiger partial charge in [0, 0.05) is 43.9 Å². The Balaban J connectivity index is 2.09. The number of rotatable bonds is 7. The van der Waals surface area contributed by atoms with Crippen LogP contribution in [0.2, 0.25) is 0 Å². The summed E-state index contributed by atoms with van der Waals surface area (Å²) >= 11 is 1.60. The largest absolute Gasteiger partial charge is 0.340 e. The molecule has 2 N–H and O–H groups in total. The average molecular weight is 366 g/mol. The molecule has 1 aliphatic heterocycles. The van der Waals surface area contributed by atoms with Crippen molar-refractivity contribution in [3.63, 3.8) is 0 Å². The number of nitrogens with zero attached hydrogens (tertiary/aromatic N) is 2. The average Bonchev–Trinajstić information content (AvgIpc) is 2.65. The first-order chi connectivity index (χ1) is 12.0. The number of hydrogen-bond acceptors (Lipinski definition) is 6. The summed E-state index contributed by atoms with van der Waals surface area (Å²) in [6, 6.07) is 4.88. The summed E-state index contributed by atoms with van der Waals surface area (Å²) < 4.78 is 0. The van der Waals surface area contributed by atoms with Gasteiger partial charge in [-0.15, -0.1) is 0 Å². The third-order valence-corrected chi connectivity index (χ3v) is 4.61. The number of non-ortho nitro benzene ring substituents is 1. The predicted molar refractivity (Wildman–Crippen MR) is 96.8 cm³/mol. The Morgan fingerprint density at radius 3 is 2.76 bits per heavy atom. The van der Waals surface area contributed by atoms with Gasteiger partial charge >= 0.3 is 0 Å². The van der Waals surface area contributed by atoms with Crippen LogP contribution in [0.3, 0.4) is 0 Å². The minimum absolute atomic E-state index is 0.102. The highest BCUT2D eigenvalue weighted by atomic mass is 32.2. The van der Waals surface area contributed by atoms with Crippen LogP contribution in [-0.2, 0) is 4.79 Å². The first kappa shape index (κ1) is 19.2. The second-order valence-electron chi connectivity index (χ2n) is 5.69. The molecule has 8 nitrogen and oxygen atoms in total. The molecule has 1 fully saturated rings. The second-order valence-corrected chi connectivity index (χ2v) is 6.68. The molecular formula is C16H22N4O4S. The first-order valence-electron chi connectivity index (χ1n) is 8.06. The number of nitro groups is 1. The lowest BCUT2D eigenvalue weighted by atomic mass is 10.1. The zero-order valence-electron chi connectivity index (χ0n) is 14.1. The molecule has 0 radical (unpaired) electrons. The first-order valence-corrected chi connectivity index (χ1v) is 9.46. The number of thioether (sulfide) groups is 1. The fourth-order valence-corrected chi connectivity index (χ4v) is 3.07. The number of nitrogens with one attached hydrogen (secondary N) is 2. The number of hydrogen-bond donors (Lipinski definition) is 2. The summed E-state index contributed by atoms with van der Waals surface area (Å²) in [6.07, 6.45) is 2.46. The van der Waals surface area contributed by atoms with Gasteiger partial charge in [-0.3, -0.25) is 19.7 Å². The Morgan fingerprint density at radius 2 is 2.12 bits per heavy atom. The number of nitro benzene ring substituents is 1. The molecule has 1 saturated heterocycles. The van der Waals surface area contributed by atoms with Crippen LogP contribution in [0.4, 0.5) is 5.69 Å². The van der Waals surface area contributed by atoms with Gasteiger partial charge in [0.1, 0.15) is 6.04 Å². The maximum absolute atomic E-state index is 12.7. The van der Waals surface area contributed by atoms with E-state index < -0.39 is 16.9 Å². The topological polar surface area (TPSA) is 105 Å². The van der Waals surface area contributed by atoms with Gasteiger partial charge in [-0.25, -0.2) is 0 Å². The van der Waals surface area contributed by atoms with Crippen molar-refractivity contribution >= 4 is 29.3 Å². The van der Waals surface area contributed by atoms with Gasteiger partial charge in [-0.1, -0.05) is 6.07 Å². The lowest BCUT2D eigenvalue weighted by Crippen LogP contribution is -2.54. The van der Waals surface area contributed by atoms with E-state index in [4.69, 9.17) is 0 Å². The van der Waals surface area contributed by atoms with Gasteiger partial charge in [0.15, 0.2) is 0 Å². The SMILES string of the molecule is CSCCC(NC(=O)c1cccc([N+](=O)[O-])c1)C(=O)N1CCNCC1. The monoisotopic (exact) mass is 366 g/mol. The number of carbonyl (C=O) groups excluding carboxylic acids is 2. The van der Waals surface area contributed by atoms with E-state index in [9.17, 15) is 19.7 Å². The van der Waals surface area contributed by atoms with E-state index in [-0.39, 0.29) is 17.2 Å². The molecule has 1 aromatic carbocycles. The van der Waals surface area contributed by atoms with E-state index >= 15 is 0 Å². The smallest absolute Gasteiger partial charge is 0.270 e. The highest BCUT2D eigenvalue weighted by Gasteiger charge is 2.27. The van der Waals surface area contributed by atoms with Crippen LogP contribution in [0, 0.1) is 10.1 Å². The molecule has 9 heteroatoms. The zero-order chi connectivity index (χ0) is 18.2. The van der Waals surface area contributed by atoms with Gasteiger partial charge in [-0.2, -0.15) is 11.8 Å². The lowest BCUT2D eigenvalue weighted by molar-refractivity contribution is -0.384. The van der Waals surface area contributed by atoms with Crippen LogP contribution in [0.1, 0.15) is 16.8 Å². The highest BCUT2D eigenvalue weighted by molar-refractivity contribution is 7.98. The maximum atomic E-state index is 12.7. The summed E-state index contributed by atoms with van der Waals surface area (Å²) in [4.78, 5) is 37.2. The molecule has 0 aliphatic carbocycles. The van der Waals surface area contributed by atoms with Crippen molar-refractivity contribution in [2.45, 2.75) is 12.5 Å². The van der Waals surface area contributed by atoms with E-state index in [0.29, 0.717) is 19.5 Å². The Morgan fingerprint density at radius 1 is 1.40 bits per heavy atom. The molecule has 2 rings (SSSR count). The molecule has 1 atom stereocenters. The fourth-order valence-electron chi connectivity index (χ4n) is 2.60. The van der Waals surface area contributed by atoms with Crippen molar-refractivity contribution < 1.29 is 14.5 Å². The molecule has 25 heavy (non-hydrogen) atoms. The predicted octanol–water partition coefficient (Wildman–Crippen LogP) is 0.878. The Kier molecular flexibility index (Phi) is 7.20. The Labute approximate surface area is 150 Å². The number of amides is 2. The Hall–Kier alpha value is -2.13. The summed E-state index contributed by atoms with van der Waals surface area (Å²) in [5.41, 5.74) is 0.0261. The van der Waals surface area contributed by atoms with Gasteiger partial charge in [0.25, 0.3) is 11.6 Å². The van der Waals surface area contributed by atoms with Crippen molar-refractivity contribution in [1.82, 2.24) is 15.5 Å². The molecule has 0 aromatic heterocycles. The Bertz CT molecular complexity index is 634. The minimum Gasteiger partial charge on any atom is -0.340 e. The standard InChI is InChI=1S/C16H22N4O4S/c1-25-10-5-14(16(22)19-8-6-17-7-9-19)18-15(21)12-3-2-4-13(11-12)20(23)24/h2-4,11,14,17H,5-10H2,1H3,(H,18,21). The van der Waals surface area contributed by atoms with Crippen LogP contribution in [0.25, 0.3) is 0 Å². The van der Waals surface area contributed by atoms with Crippen LogP contribution < -0.4 is 10.6 Å². The molecule has 1 heterocycles. The van der Waals surface area contributed by atoms with Crippen LogP contribution >= 0.6 is 11.8 Å². The molecule has 136 valence electrons. The van der Waals surface area contributed by atoms with E-state index in [1.807, 2.05) is 6.26 Å². The van der Waals surface area contributed by atoms with E-state index in [1.165, 1.54) is 24.3 Å². The summed E-state index contributed by atoms with van der Waals surface area (Å²) in [5.74, 6) is 0.158. The van der Waals surface area contributed by atoms with Crippen LogP contribution in [0.5, 0.6) is 0 Å². The molecule has 1 aromatic rings. The molecule has 2 amide bonds. The third-order valence-electron chi connectivity index (χ3n) is 3.96. The quantitative estimate of drug-likeness (QED) is 0.548. The van der Waals surface area contributed by atoms with Crippen molar-refractivity contribution in [3.8, 4) is 0 Å². The van der Waals surface area contributed by atoms with E-state index in [1.54, 1.807) is 16.7 Å². The zero-order valence-corrected chi connectivity index (χ0v) is 14.9. The lowest BCUT2D eigenvalue weighted by Gasteiger charge is -2.31. The van der Waals surface area contributed by atoms with Crippen LogP contribution in [-0.4, -0.2) is 65.9 Å². The van der Waals surface area contributed by atoms with E-state index in [2.05, 4.69) is 10.6 Å². The van der Waals surface area contributed by atoms with E-state index in [0.717, 1.165) is 18.8 Å². The van der Waals surface area contributed by atoms with Crippen molar-refractivity contribution in [1.29, 1.82) is 0 Å². The van der Waals surface area contributed by atoms with Gasteiger partial charge in [-0.05, 0) is 24.5 Å². The third kappa shape index (κ3) is 5.43. The highest BCUT2D eigenvalue weighted by Crippen LogP contribution is 2.14. The summed E-state index contributed by atoms with van der Waals surface area (Å²) in [5, 5.41) is 16.8. The molecule has 0 bridgehead atoms. The second kappa shape index (κ2) is 9.38. The van der Waals surface area contributed by atoms with Gasteiger partial charge in [0.2, 0.25) is 5.91 Å².